The number of hydrogen-bond donors (Lipinski definition) is 0. The molecule has 3 heteroatoms. The van der Waals surface area contributed by atoms with Crippen LogP contribution in [0, 0.1) is 0 Å². The monoisotopic (exact) mass is 138 g/mol. The van der Waals surface area contributed by atoms with Crippen molar-refractivity contribution < 1.29 is 11.2 Å². The van der Waals surface area contributed by atoms with Crippen molar-refractivity contribution in [3.8, 4) is 0 Å². The van der Waals surface area contributed by atoms with Crippen LogP contribution < -0.4 is 0 Å². The molecular weight excluding hydrogens is 135 g/mol. The zero-order valence-electron chi connectivity index (χ0n) is 1.13. The molecule has 0 fully saturated rings. The molecule has 0 amide bonds. The van der Waals surface area contributed by atoms with Crippen LogP contribution in [0.1, 0.15) is 7.43 Å². The van der Waals surface area contributed by atoms with Crippen molar-refractivity contribution in [3.05, 3.63) is 0 Å². The Hall–Kier alpha value is 0.934. The molecule has 0 aliphatic carbocycles. The van der Waals surface area contributed by atoms with Crippen LogP contribution in [0.3, 0.4) is 0 Å². The molecule has 0 aliphatic heterocycles. The van der Waals surface area contributed by atoms with E-state index in [9.17, 15) is 0 Å². The van der Waals surface area contributed by atoms with E-state index >= 15 is 0 Å². The van der Waals surface area contributed by atoms with Crippen molar-refractivity contribution >= 4 is 21.3 Å². The van der Waals surface area contributed by atoms with Gasteiger partial charge in [0.2, 0.25) is 0 Å². The molecule has 0 bridgehead atoms. The quantitative estimate of drug-likeness (QED) is 0.470. The number of rotatable bonds is 0. The Balaban J connectivity index is 0. The zero-order chi connectivity index (χ0) is 2.71. The van der Waals surface area contributed by atoms with E-state index < -0.39 is 0 Å². The molecule has 0 nitrogen and oxygen atoms in total. The van der Waals surface area contributed by atoms with Crippen molar-refractivity contribution in [2.45, 2.75) is 7.43 Å². The first kappa shape index (κ1) is 8.87. The van der Waals surface area contributed by atoms with Crippen molar-refractivity contribution in [3.63, 3.8) is 0 Å². The molecule has 0 atom stereocenters. The van der Waals surface area contributed by atoms with Gasteiger partial charge in [0.1, 0.15) is 0 Å². The van der Waals surface area contributed by atoms with Crippen molar-refractivity contribution in [2.75, 3.05) is 0 Å². The van der Waals surface area contributed by atoms with Crippen LogP contribution in [0.15, 0.2) is 0 Å². The topological polar surface area (TPSA) is 0 Å². The average Bonchev–Trinajstić information content (AvgIpc) is 0.918. The summed E-state index contributed by atoms with van der Waals surface area (Å²) in [4.78, 5) is 0. The molecule has 0 N–H and O–H groups in total. The molecule has 0 saturated heterocycles. The summed E-state index contributed by atoms with van der Waals surface area (Å²) in [5, 5.41) is 0. The first-order valence-corrected chi connectivity index (χ1v) is 3.19. The zero-order valence-corrected chi connectivity index (χ0v) is 3.75. The van der Waals surface area contributed by atoms with Crippen molar-refractivity contribution in [2.24, 2.45) is 0 Å². The predicted molar refractivity (Wildman–Crippen MR) is 21.9 cm³/mol. The molecule has 0 spiro atoms. The van der Waals surface area contributed by atoms with Gasteiger partial charge in [-0.1, -0.05) is 7.43 Å². The van der Waals surface area contributed by atoms with Crippen LogP contribution >= 0.6 is 21.3 Å². The van der Waals surface area contributed by atoms with Gasteiger partial charge in [0.05, 0.1) is 0 Å². The standard InChI is InChI=1S/CH4.Ni.2S/h1H4;;;. The van der Waals surface area contributed by atoms with E-state index in [0.29, 0.717) is 0 Å². The summed E-state index contributed by atoms with van der Waals surface area (Å²) in [6, 6.07) is 0. The second-order valence-electron chi connectivity index (χ2n) is 0.0527. The van der Waals surface area contributed by atoms with Gasteiger partial charge in [0.15, 0.2) is 0 Å². The van der Waals surface area contributed by atoms with Gasteiger partial charge in [0.25, 0.3) is 0 Å². The molecule has 0 radical (unpaired) electrons. The fourth-order valence-corrected chi connectivity index (χ4v) is 0. The van der Waals surface area contributed by atoms with Gasteiger partial charge in [0, 0.05) is 0 Å². The predicted octanol–water partition coefficient (Wildman–Crippen LogP) is 1.93. The van der Waals surface area contributed by atoms with E-state index in [1.807, 2.05) is 0 Å². The van der Waals surface area contributed by atoms with E-state index in [4.69, 9.17) is 0 Å². The summed E-state index contributed by atoms with van der Waals surface area (Å²) in [7, 11) is 8.29. The van der Waals surface area contributed by atoms with E-state index in [0.717, 1.165) is 11.2 Å². The molecular formula is CH4NiS2. The third-order valence-electron chi connectivity index (χ3n) is 0. The Kier molecular flexibility index (Phi) is 20.1. The van der Waals surface area contributed by atoms with Crippen LogP contribution in [0.25, 0.3) is 0 Å². The van der Waals surface area contributed by atoms with Gasteiger partial charge < -0.3 is 0 Å². The fourth-order valence-electron chi connectivity index (χ4n) is 0. The Labute approximate surface area is 40.2 Å². The van der Waals surface area contributed by atoms with Crippen LogP contribution in [0.2, 0.25) is 0 Å². The third-order valence-corrected chi connectivity index (χ3v) is 0. The minimum absolute atomic E-state index is 0. The Morgan fingerprint density at radius 2 is 1.25 bits per heavy atom. The summed E-state index contributed by atoms with van der Waals surface area (Å²) in [6.07, 6.45) is 0. The second kappa shape index (κ2) is 9.05. The third kappa shape index (κ3) is 12.6. The van der Waals surface area contributed by atoms with Gasteiger partial charge >= 0.3 is 32.6 Å². The molecule has 4 heavy (non-hydrogen) atoms. The molecule has 0 heterocycles. The Bertz CT molecular complexity index is 27.0. The molecule has 0 unspecified atom stereocenters. The van der Waals surface area contributed by atoms with Crippen molar-refractivity contribution in [1.82, 2.24) is 0 Å². The van der Waals surface area contributed by atoms with E-state index in [1.165, 1.54) is 0 Å². The van der Waals surface area contributed by atoms with Gasteiger partial charge in [-0.25, -0.2) is 0 Å². The number of hydrogen-bond acceptors (Lipinski definition) is 2. The minimum atomic E-state index is 0. The van der Waals surface area contributed by atoms with E-state index in [1.54, 1.807) is 0 Å². The van der Waals surface area contributed by atoms with Gasteiger partial charge in [-0.15, -0.1) is 0 Å². The van der Waals surface area contributed by atoms with Gasteiger partial charge in [-0.05, 0) is 0 Å². The Morgan fingerprint density at radius 1 is 1.25 bits per heavy atom. The maximum absolute atomic E-state index is 4.15. The molecule has 0 rings (SSSR count). The normalized spacial score (nSPS) is 5.00. The van der Waals surface area contributed by atoms with Gasteiger partial charge in [-0.3, -0.25) is 0 Å². The molecule has 0 aliphatic rings. The van der Waals surface area contributed by atoms with Crippen LogP contribution in [-0.4, -0.2) is 0 Å². The molecule has 0 aromatic carbocycles. The molecule has 0 saturated carbocycles. The maximum atomic E-state index is 4.15. The summed E-state index contributed by atoms with van der Waals surface area (Å²) in [6.45, 7) is 0. The second-order valence-corrected chi connectivity index (χ2v) is 1.96. The van der Waals surface area contributed by atoms with Crippen molar-refractivity contribution in [1.29, 1.82) is 0 Å². The molecule has 0 aromatic rings. The van der Waals surface area contributed by atoms with E-state index in [-0.39, 0.29) is 7.43 Å². The van der Waals surface area contributed by atoms with Crippen LogP contribution in [0.5, 0.6) is 0 Å². The molecule has 30 valence electrons. The summed E-state index contributed by atoms with van der Waals surface area (Å²) < 4.78 is 0. The summed E-state index contributed by atoms with van der Waals surface area (Å²) in [5.74, 6) is 0. The van der Waals surface area contributed by atoms with Crippen LogP contribution in [-0.2, 0) is 11.2 Å². The van der Waals surface area contributed by atoms with E-state index in [2.05, 4.69) is 21.3 Å². The van der Waals surface area contributed by atoms with Gasteiger partial charge in [-0.2, -0.15) is 0 Å². The first-order valence-electron chi connectivity index (χ1n) is 0.258. The fraction of sp³-hybridized carbons (Fsp3) is 1.00. The molecule has 0 aromatic heterocycles. The summed E-state index contributed by atoms with van der Waals surface area (Å²) in [5.41, 5.74) is 0. The first-order chi connectivity index (χ1) is 1.41. The average molecular weight is 139 g/mol. The van der Waals surface area contributed by atoms with Crippen LogP contribution in [0.4, 0.5) is 0 Å². The SMILES string of the molecule is C.[S]=[Ni]=[S]. The Morgan fingerprint density at radius 3 is 1.25 bits per heavy atom. The summed E-state index contributed by atoms with van der Waals surface area (Å²) >= 11 is 0.792.